The molecule has 138 valence electrons. The monoisotopic (exact) mass is 355 g/mol. The molecule has 4 rings (SSSR count). The van der Waals surface area contributed by atoms with E-state index >= 15 is 0 Å². The number of aromatic nitrogens is 2. The first-order chi connectivity index (χ1) is 12.8. The fraction of sp³-hybridized carbons (Fsp3) is 0.474. The summed E-state index contributed by atoms with van der Waals surface area (Å²) >= 11 is 0. The zero-order valence-corrected chi connectivity index (χ0v) is 14.8. The summed E-state index contributed by atoms with van der Waals surface area (Å²) in [6.07, 6.45) is 0.885. The van der Waals surface area contributed by atoms with Crippen molar-refractivity contribution < 1.29 is 9.53 Å². The molecule has 1 aromatic heterocycles. The summed E-state index contributed by atoms with van der Waals surface area (Å²) in [6.45, 7) is 5.38. The highest BCUT2D eigenvalue weighted by molar-refractivity contribution is 5.94. The first-order valence-corrected chi connectivity index (χ1v) is 9.24. The van der Waals surface area contributed by atoms with Crippen LogP contribution < -0.4 is 10.6 Å². The first kappa shape index (κ1) is 17.2. The molecule has 3 heterocycles. The third-order valence-corrected chi connectivity index (χ3v) is 5.15. The van der Waals surface area contributed by atoms with Gasteiger partial charge in [-0.25, -0.2) is 0 Å². The van der Waals surface area contributed by atoms with E-state index in [1.807, 2.05) is 18.2 Å². The molecule has 3 N–H and O–H groups in total. The lowest BCUT2D eigenvalue weighted by Gasteiger charge is -2.34. The summed E-state index contributed by atoms with van der Waals surface area (Å²) in [5.41, 5.74) is 3.79. The molecule has 7 heteroatoms. The molecule has 1 fully saturated rings. The lowest BCUT2D eigenvalue weighted by molar-refractivity contribution is 0.0162. The number of hydrogen-bond acceptors (Lipinski definition) is 5. The van der Waals surface area contributed by atoms with Crippen molar-refractivity contribution in [3.8, 4) is 0 Å². The summed E-state index contributed by atoms with van der Waals surface area (Å²) in [5, 5.41) is 13.7. The van der Waals surface area contributed by atoms with Crippen LogP contribution >= 0.6 is 0 Å². The second kappa shape index (κ2) is 7.99. The van der Waals surface area contributed by atoms with E-state index in [2.05, 4.69) is 37.9 Å². The lowest BCUT2D eigenvalue weighted by Crippen LogP contribution is -2.44. The summed E-state index contributed by atoms with van der Waals surface area (Å²) < 4.78 is 5.48. The molecule has 7 nitrogen and oxygen atoms in total. The minimum atomic E-state index is -0.111. The van der Waals surface area contributed by atoms with Crippen molar-refractivity contribution in [1.29, 1.82) is 0 Å². The number of amides is 1. The Morgan fingerprint density at radius 2 is 2.08 bits per heavy atom. The maximum Gasteiger partial charge on any atom is 0.272 e. The average molecular weight is 355 g/mol. The van der Waals surface area contributed by atoms with Gasteiger partial charge >= 0.3 is 0 Å². The van der Waals surface area contributed by atoms with Crippen LogP contribution in [-0.4, -0.2) is 60.4 Å². The number of nitrogens with one attached hydrogen (secondary N) is 3. The maximum atomic E-state index is 12.7. The summed E-state index contributed by atoms with van der Waals surface area (Å²) in [5.74, 6) is -0.111. The minimum Gasteiger partial charge on any atom is -0.379 e. The molecule has 2 aromatic rings. The standard InChI is InChI=1S/C19H25N5O2/c25-19(18-15-12-20-7-6-16(15)22-23-18)21-13-17(14-4-2-1-3-5-14)24-8-10-26-11-9-24/h1-5,17,20H,6-13H2,(H,21,25)(H,22,23). The van der Waals surface area contributed by atoms with Gasteiger partial charge in [0, 0.05) is 50.4 Å². The van der Waals surface area contributed by atoms with Crippen LogP contribution in [0.4, 0.5) is 0 Å². The van der Waals surface area contributed by atoms with Gasteiger partial charge in [-0.1, -0.05) is 30.3 Å². The van der Waals surface area contributed by atoms with Gasteiger partial charge in [0.05, 0.1) is 19.3 Å². The normalized spacial score (nSPS) is 18.9. The van der Waals surface area contributed by atoms with E-state index in [1.165, 1.54) is 5.56 Å². The van der Waals surface area contributed by atoms with E-state index in [9.17, 15) is 4.79 Å². The lowest BCUT2D eigenvalue weighted by atomic mass is 10.0. The Hall–Kier alpha value is -2.22. The van der Waals surface area contributed by atoms with Crippen LogP contribution in [0.1, 0.15) is 33.4 Å². The van der Waals surface area contributed by atoms with Gasteiger partial charge in [0.2, 0.25) is 0 Å². The molecule has 1 amide bonds. The van der Waals surface area contributed by atoms with Crippen LogP contribution in [0.25, 0.3) is 0 Å². The Morgan fingerprint density at radius 3 is 2.88 bits per heavy atom. The molecule has 1 saturated heterocycles. The smallest absolute Gasteiger partial charge is 0.272 e. The average Bonchev–Trinajstić information content (AvgIpc) is 3.14. The third-order valence-electron chi connectivity index (χ3n) is 5.15. The van der Waals surface area contributed by atoms with E-state index in [0.29, 0.717) is 18.8 Å². The Bertz CT molecular complexity index is 740. The van der Waals surface area contributed by atoms with Gasteiger partial charge in [-0.15, -0.1) is 0 Å². The first-order valence-electron chi connectivity index (χ1n) is 9.24. The second-order valence-corrected chi connectivity index (χ2v) is 6.74. The van der Waals surface area contributed by atoms with Crippen LogP contribution in [0.15, 0.2) is 30.3 Å². The summed E-state index contributed by atoms with van der Waals surface area (Å²) in [7, 11) is 0. The van der Waals surface area contributed by atoms with E-state index < -0.39 is 0 Å². The van der Waals surface area contributed by atoms with Gasteiger partial charge in [-0.3, -0.25) is 14.8 Å². The third kappa shape index (κ3) is 3.65. The van der Waals surface area contributed by atoms with Gasteiger partial charge in [0.25, 0.3) is 5.91 Å². The van der Waals surface area contributed by atoms with E-state index in [4.69, 9.17) is 4.74 Å². The highest BCUT2D eigenvalue weighted by Crippen LogP contribution is 2.21. The zero-order chi connectivity index (χ0) is 17.8. The molecule has 2 aliphatic rings. The molecule has 0 bridgehead atoms. The number of H-pyrrole nitrogens is 1. The van der Waals surface area contributed by atoms with E-state index in [1.54, 1.807) is 0 Å². The number of aromatic amines is 1. The Kier molecular flexibility index (Phi) is 5.29. The van der Waals surface area contributed by atoms with Crippen LogP contribution in [0.2, 0.25) is 0 Å². The number of rotatable bonds is 5. The topological polar surface area (TPSA) is 82.3 Å². The molecular formula is C19H25N5O2. The molecule has 1 unspecified atom stereocenters. The quantitative estimate of drug-likeness (QED) is 0.741. The Balaban J connectivity index is 1.47. The molecule has 26 heavy (non-hydrogen) atoms. The molecule has 2 aliphatic heterocycles. The van der Waals surface area contributed by atoms with Crippen molar-refractivity contribution in [2.45, 2.75) is 19.0 Å². The van der Waals surface area contributed by atoms with Crippen molar-refractivity contribution in [1.82, 2.24) is 25.7 Å². The number of carbonyl (C=O) groups is 1. The highest BCUT2D eigenvalue weighted by atomic mass is 16.5. The number of ether oxygens (including phenoxy) is 1. The zero-order valence-electron chi connectivity index (χ0n) is 14.8. The number of hydrogen-bond donors (Lipinski definition) is 3. The van der Waals surface area contributed by atoms with Crippen LogP contribution in [-0.2, 0) is 17.7 Å². The number of benzene rings is 1. The van der Waals surface area contributed by atoms with Gasteiger partial charge in [-0.2, -0.15) is 5.10 Å². The Morgan fingerprint density at radius 1 is 1.27 bits per heavy atom. The fourth-order valence-electron chi connectivity index (χ4n) is 3.71. The fourth-order valence-corrected chi connectivity index (χ4v) is 3.71. The number of nitrogens with zero attached hydrogens (tertiary/aromatic N) is 2. The van der Waals surface area contributed by atoms with Crippen LogP contribution in [0, 0.1) is 0 Å². The van der Waals surface area contributed by atoms with Gasteiger partial charge in [0.1, 0.15) is 0 Å². The molecule has 0 saturated carbocycles. The number of carbonyl (C=O) groups excluding carboxylic acids is 1. The van der Waals surface area contributed by atoms with Crippen LogP contribution in [0.5, 0.6) is 0 Å². The van der Waals surface area contributed by atoms with Gasteiger partial charge in [0.15, 0.2) is 5.69 Å². The molecule has 0 spiro atoms. The predicted molar refractivity (Wildman–Crippen MR) is 97.9 cm³/mol. The second-order valence-electron chi connectivity index (χ2n) is 6.74. The molecule has 1 atom stereocenters. The largest absolute Gasteiger partial charge is 0.379 e. The van der Waals surface area contributed by atoms with Crippen molar-refractivity contribution in [2.24, 2.45) is 0 Å². The highest BCUT2D eigenvalue weighted by Gasteiger charge is 2.25. The minimum absolute atomic E-state index is 0.111. The van der Waals surface area contributed by atoms with Gasteiger partial charge < -0.3 is 15.4 Å². The van der Waals surface area contributed by atoms with Crippen molar-refractivity contribution in [3.05, 3.63) is 52.8 Å². The molecule has 0 radical (unpaired) electrons. The van der Waals surface area contributed by atoms with Crippen LogP contribution in [0.3, 0.4) is 0 Å². The predicted octanol–water partition coefficient (Wildman–Crippen LogP) is 0.859. The molecule has 0 aliphatic carbocycles. The van der Waals surface area contributed by atoms with Crippen molar-refractivity contribution >= 4 is 5.91 Å². The molecule has 1 aromatic carbocycles. The Labute approximate surface area is 153 Å². The summed E-state index contributed by atoms with van der Waals surface area (Å²) in [6, 6.07) is 10.5. The van der Waals surface area contributed by atoms with Crippen molar-refractivity contribution in [2.75, 3.05) is 39.4 Å². The van der Waals surface area contributed by atoms with E-state index in [-0.39, 0.29) is 11.9 Å². The maximum absolute atomic E-state index is 12.7. The number of fused-ring (bicyclic) bond motifs is 1. The van der Waals surface area contributed by atoms with E-state index in [0.717, 1.165) is 50.5 Å². The number of morpholine rings is 1. The van der Waals surface area contributed by atoms with Gasteiger partial charge in [-0.05, 0) is 5.56 Å². The van der Waals surface area contributed by atoms with Crippen molar-refractivity contribution in [3.63, 3.8) is 0 Å². The molecular weight excluding hydrogens is 330 g/mol. The summed E-state index contributed by atoms with van der Waals surface area (Å²) in [4.78, 5) is 15.1. The SMILES string of the molecule is O=C(NCC(c1ccccc1)N1CCOCC1)c1n[nH]c2c1CNCC2.